The van der Waals surface area contributed by atoms with Crippen LogP contribution in [-0.4, -0.2) is 17.6 Å². The van der Waals surface area contributed by atoms with Crippen LogP contribution >= 0.6 is 0 Å². The van der Waals surface area contributed by atoms with Crippen molar-refractivity contribution in [2.45, 2.75) is 26.7 Å². The number of carbonyl (C=O) groups is 3. The average Bonchev–Trinajstić information content (AvgIpc) is 2.93. The van der Waals surface area contributed by atoms with Gasteiger partial charge in [-0.25, -0.2) is 0 Å². The summed E-state index contributed by atoms with van der Waals surface area (Å²) in [6.07, 6.45) is 1.08. The Morgan fingerprint density at radius 2 is 1.62 bits per heavy atom. The first-order chi connectivity index (χ1) is 9.88. The molecule has 0 N–H and O–H groups in total. The van der Waals surface area contributed by atoms with Crippen molar-refractivity contribution in [3.63, 3.8) is 0 Å². The Bertz CT molecular complexity index is 683. The Morgan fingerprint density at radius 3 is 2.29 bits per heavy atom. The van der Waals surface area contributed by atoms with E-state index >= 15 is 0 Å². The number of hydrogen-bond donors (Lipinski definition) is 0. The fraction of sp³-hybridized carbons (Fsp3) is 0.471. The zero-order chi connectivity index (χ0) is 15.0. The van der Waals surface area contributed by atoms with Crippen molar-refractivity contribution in [1.29, 1.82) is 0 Å². The molecule has 21 heavy (non-hydrogen) atoms. The van der Waals surface area contributed by atoms with Crippen molar-refractivity contribution < 1.29 is 14.4 Å². The number of imide groups is 1. The zero-order valence-corrected chi connectivity index (χ0v) is 12.1. The van der Waals surface area contributed by atoms with E-state index in [-0.39, 0.29) is 28.9 Å². The molecule has 108 valence electrons. The molecule has 0 unspecified atom stereocenters. The lowest BCUT2D eigenvalue weighted by Crippen LogP contribution is -2.40. The molecule has 4 heteroatoms. The van der Waals surface area contributed by atoms with Crippen molar-refractivity contribution in [2.24, 2.45) is 22.7 Å². The van der Waals surface area contributed by atoms with E-state index in [1.165, 1.54) is 4.90 Å². The quantitative estimate of drug-likeness (QED) is 0.742. The van der Waals surface area contributed by atoms with Gasteiger partial charge in [0.1, 0.15) is 5.78 Å². The summed E-state index contributed by atoms with van der Waals surface area (Å²) in [5.74, 6) is -1.00. The lowest BCUT2D eigenvalue weighted by atomic mass is 9.68. The van der Waals surface area contributed by atoms with Crippen LogP contribution in [0.4, 0.5) is 5.69 Å². The molecule has 1 heterocycles. The molecule has 1 saturated heterocycles. The molecule has 4 nitrogen and oxygen atoms in total. The molecule has 1 aliphatic heterocycles. The van der Waals surface area contributed by atoms with Crippen LogP contribution < -0.4 is 4.90 Å². The van der Waals surface area contributed by atoms with Crippen molar-refractivity contribution in [3.05, 3.63) is 30.3 Å². The van der Waals surface area contributed by atoms with Crippen LogP contribution in [0.25, 0.3) is 0 Å². The molecular weight excluding hydrogens is 266 g/mol. The number of rotatable bonds is 1. The highest BCUT2D eigenvalue weighted by atomic mass is 16.2. The topological polar surface area (TPSA) is 54.5 Å². The van der Waals surface area contributed by atoms with E-state index in [0.29, 0.717) is 18.5 Å². The summed E-state index contributed by atoms with van der Waals surface area (Å²) in [5, 5.41) is 0. The Morgan fingerprint density at radius 1 is 1.00 bits per heavy atom. The lowest BCUT2D eigenvalue weighted by Gasteiger charge is -2.30. The standard InChI is InChI=1S/C17H17NO3/c1-16-8-11(19)17(2,9-16)13-12(16)14(20)18(15(13)21)10-6-4-3-5-7-10/h3-7,12-13H,8-9H2,1-2H3/t12-,13-,16+,17+/m1/s1. The Labute approximate surface area is 123 Å². The highest BCUT2D eigenvalue weighted by molar-refractivity contribution is 6.24. The van der Waals surface area contributed by atoms with E-state index in [1.54, 1.807) is 12.1 Å². The van der Waals surface area contributed by atoms with Crippen molar-refractivity contribution in [2.75, 3.05) is 4.90 Å². The van der Waals surface area contributed by atoms with Gasteiger partial charge in [0.05, 0.1) is 17.5 Å². The summed E-state index contributed by atoms with van der Waals surface area (Å²) in [4.78, 5) is 39.3. The van der Waals surface area contributed by atoms with E-state index in [4.69, 9.17) is 0 Å². The third-order valence-corrected chi connectivity index (χ3v) is 5.73. The van der Waals surface area contributed by atoms with Gasteiger partial charge in [-0.2, -0.15) is 0 Å². The lowest BCUT2D eigenvalue weighted by molar-refractivity contribution is -0.138. The predicted octanol–water partition coefficient (Wildman–Crippen LogP) is 2.18. The molecule has 2 bridgehead atoms. The largest absolute Gasteiger partial charge is 0.299 e. The first-order valence-electron chi connectivity index (χ1n) is 7.35. The molecule has 2 aliphatic carbocycles. The van der Waals surface area contributed by atoms with Crippen LogP contribution in [0.15, 0.2) is 30.3 Å². The second kappa shape index (κ2) is 3.62. The number of anilines is 1. The van der Waals surface area contributed by atoms with Crippen LogP contribution in [0.5, 0.6) is 0 Å². The number of amides is 2. The minimum absolute atomic E-state index is 0.130. The maximum atomic E-state index is 12.8. The maximum Gasteiger partial charge on any atom is 0.238 e. The van der Waals surface area contributed by atoms with Gasteiger partial charge in [-0.15, -0.1) is 0 Å². The van der Waals surface area contributed by atoms with Gasteiger partial charge in [0, 0.05) is 11.8 Å². The third-order valence-electron chi connectivity index (χ3n) is 5.73. The first kappa shape index (κ1) is 12.7. The highest BCUT2D eigenvalue weighted by Gasteiger charge is 2.74. The minimum Gasteiger partial charge on any atom is -0.299 e. The Hall–Kier alpha value is -1.97. The molecular formula is C17H17NO3. The fourth-order valence-corrected chi connectivity index (χ4v) is 4.92. The van der Waals surface area contributed by atoms with Gasteiger partial charge in [0.25, 0.3) is 0 Å². The van der Waals surface area contributed by atoms with Crippen molar-refractivity contribution >= 4 is 23.3 Å². The first-order valence-corrected chi connectivity index (χ1v) is 7.35. The third kappa shape index (κ3) is 1.33. The molecule has 0 spiro atoms. The smallest absolute Gasteiger partial charge is 0.238 e. The van der Waals surface area contributed by atoms with Gasteiger partial charge in [-0.05, 0) is 24.0 Å². The number of Topliss-reactive ketones (excluding diaryl/α,β-unsaturated/α-hetero) is 1. The van der Waals surface area contributed by atoms with E-state index in [2.05, 4.69) is 0 Å². The monoisotopic (exact) mass is 283 g/mol. The van der Waals surface area contributed by atoms with E-state index in [9.17, 15) is 14.4 Å². The summed E-state index contributed by atoms with van der Waals surface area (Å²) in [6.45, 7) is 3.85. The van der Waals surface area contributed by atoms with Gasteiger partial charge >= 0.3 is 0 Å². The van der Waals surface area contributed by atoms with Gasteiger partial charge in [-0.3, -0.25) is 19.3 Å². The minimum atomic E-state index is -0.657. The summed E-state index contributed by atoms with van der Waals surface area (Å²) >= 11 is 0. The second-order valence-corrected chi connectivity index (χ2v) is 7.15. The predicted molar refractivity (Wildman–Crippen MR) is 76.4 cm³/mol. The van der Waals surface area contributed by atoms with Crippen LogP contribution in [0.3, 0.4) is 0 Å². The number of nitrogens with zero attached hydrogens (tertiary/aromatic N) is 1. The summed E-state index contributed by atoms with van der Waals surface area (Å²) in [7, 11) is 0. The van der Waals surface area contributed by atoms with Crippen LogP contribution in [0.2, 0.25) is 0 Å². The number of carbonyl (C=O) groups excluding carboxylic acids is 3. The fourth-order valence-electron chi connectivity index (χ4n) is 4.92. The molecule has 1 aromatic carbocycles. The van der Waals surface area contributed by atoms with Crippen molar-refractivity contribution in [1.82, 2.24) is 0 Å². The normalized spacial score (nSPS) is 41.0. The van der Waals surface area contributed by atoms with E-state index < -0.39 is 11.3 Å². The highest BCUT2D eigenvalue weighted by Crippen LogP contribution is 2.67. The van der Waals surface area contributed by atoms with Gasteiger partial charge < -0.3 is 0 Å². The molecule has 3 aliphatic rings. The van der Waals surface area contributed by atoms with Gasteiger partial charge in [0.2, 0.25) is 11.8 Å². The van der Waals surface area contributed by atoms with Crippen molar-refractivity contribution in [3.8, 4) is 0 Å². The van der Waals surface area contributed by atoms with Crippen LogP contribution in [0, 0.1) is 22.7 Å². The number of fused-ring (bicyclic) bond motifs is 5. The molecule has 2 amide bonds. The van der Waals surface area contributed by atoms with E-state index in [0.717, 1.165) is 0 Å². The molecule has 4 atom stereocenters. The van der Waals surface area contributed by atoms with Crippen LogP contribution in [0.1, 0.15) is 26.7 Å². The molecule has 0 radical (unpaired) electrons. The van der Waals surface area contributed by atoms with E-state index in [1.807, 2.05) is 32.0 Å². The molecule has 4 rings (SSSR count). The molecule has 2 saturated carbocycles. The number of para-hydroxylation sites is 1. The Balaban J connectivity index is 1.84. The zero-order valence-electron chi connectivity index (χ0n) is 12.1. The number of benzene rings is 1. The maximum absolute atomic E-state index is 12.8. The SMILES string of the molecule is C[C@]12CC(=O)[C@](C)(C1)[C@H]1C(=O)N(c3ccccc3)C(=O)[C@@H]12. The number of hydrogen-bond acceptors (Lipinski definition) is 3. The molecule has 3 fully saturated rings. The molecule has 0 aromatic heterocycles. The summed E-state index contributed by atoms with van der Waals surface area (Å²) in [6, 6.07) is 9.02. The van der Waals surface area contributed by atoms with Gasteiger partial charge in [-0.1, -0.05) is 32.0 Å². The van der Waals surface area contributed by atoms with Gasteiger partial charge in [0.15, 0.2) is 0 Å². The summed E-state index contributed by atoms with van der Waals surface area (Å²) in [5.41, 5.74) is -0.399. The number of ketones is 1. The average molecular weight is 283 g/mol. The second-order valence-electron chi connectivity index (χ2n) is 7.15. The summed E-state index contributed by atoms with van der Waals surface area (Å²) < 4.78 is 0. The van der Waals surface area contributed by atoms with Crippen LogP contribution in [-0.2, 0) is 14.4 Å². The Kier molecular flexibility index (Phi) is 2.19. The molecule has 1 aromatic rings.